The van der Waals surface area contributed by atoms with Crippen LogP contribution in [0.1, 0.15) is 16.7 Å². The molecule has 2 aromatic carbocycles. The Labute approximate surface area is 166 Å². The number of quaternary nitrogens is 1. The summed E-state index contributed by atoms with van der Waals surface area (Å²) in [5.74, 6) is 1.11. The van der Waals surface area contributed by atoms with Gasteiger partial charge in [-0.25, -0.2) is 8.42 Å². The Morgan fingerprint density at radius 1 is 0.964 bits per heavy atom. The summed E-state index contributed by atoms with van der Waals surface area (Å²) in [6.45, 7) is 8.77. The Hall–Kier alpha value is -2.09. The molecule has 1 fully saturated rings. The van der Waals surface area contributed by atoms with E-state index in [2.05, 4.69) is 32.0 Å². The van der Waals surface area contributed by atoms with Crippen molar-refractivity contribution in [3.63, 3.8) is 0 Å². The molecule has 0 unspecified atom stereocenters. The molecule has 0 aromatic heterocycles. The number of aryl methyl sites for hydroxylation is 2. The first-order valence-corrected chi connectivity index (χ1v) is 11.2. The maximum atomic E-state index is 13.1. The second-order valence-corrected chi connectivity index (χ2v) is 9.50. The van der Waals surface area contributed by atoms with Gasteiger partial charge in [0.05, 0.1) is 31.1 Å². The monoisotopic (exact) mass is 403 g/mol. The predicted molar refractivity (Wildman–Crippen MR) is 107 cm³/mol. The first kappa shape index (κ1) is 19.2. The molecule has 0 bridgehead atoms. The van der Waals surface area contributed by atoms with Crippen LogP contribution < -0.4 is 14.4 Å². The van der Waals surface area contributed by atoms with Crippen LogP contribution in [0.3, 0.4) is 0 Å². The van der Waals surface area contributed by atoms with E-state index in [9.17, 15) is 8.42 Å². The van der Waals surface area contributed by atoms with E-state index in [1.807, 2.05) is 0 Å². The molecule has 0 radical (unpaired) electrons. The highest BCUT2D eigenvalue weighted by molar-refractivity contribution is 7.89. The molecular weight excluding hydrogens is 376 g/mol. The fraction of sp³-hybridized carbons (Fsp3) is 0.429. The third-order valence-electron chi connectivity index (χ3n) is 5.53. The minimum atomic E-state index is -3.52. The maximum Gasteiger partial charge on any atom is 0.243 e. The molecular formula is C21H27N2O4S+. The van der Waals surface area contributed by atoms with Crippen LogP contribution in [-0.4, -0.2) is 52.1 Å². The molecule has 1 saturated heterocycles. The molecule has 2 heterocycles. The summed E-state index contributed by atoms with van der Waals surface area (Å²) in [7, 11) is -3.52. The summed E-state index contributed by atoms with van der Waals surface area (Å²) in [6.07, 6.45) is 0. The number of benzene rings is 2. The lowest BCUT2D eigenvalue weighted by Crippen LogP contribution is -3.13. The van der Waals surface area contributed by atoms with Gasteiger partial charge in [0.2, 0.25) is 10.0 Å². The summed E-state index contributed by atoms with van der Waals surface area (Å²) in [6, 6.07) is 11.4. The zero-order valence-electron chi connectivity index (χ0n) is 16.4. The first-order chi connectivity index (χ1) is 13.4. The Morgan fingerprint density at radius 2 is 1.68 bits per heavy atom. The number of hydrogen-bond acceptors (Lipinski definition) is 4. The number of fused-ring (bicyclic) bond motifs is 1. The third-order valence-corrected chi connectivity index (χ3v) is 7.42. The molecule has 0 amide bonds. The van der Waals surface area contributed by atoms with Crippen molar-refractivity contribution in [2.24, 2.45) is 0 Å². The van der Waals surface area contributed by atoms with E-state index in [-0.39, 0.29) is 4.90 Å². The zero-order chi connectivity index (χ0) is 19.7. The van der Waals surface area contributed by atoms with Crippen molar-refractivity contribution >= 4 is 10.0 Å². The summed E-state index contributed by atoms with van der Waals surface area (Å²) in [5.41, 5.74) is 3.90. The van der Waals surface area contributed by atoms with E-state index in [4.69, 9.17) is 9.47 Å². The van der Waals surface area contributed by atoms with Crippen LogP contribution in [0.4, 0.5) is 0 Å². The van der Waals surface area contributed by atoms with Crippen molar-refractivity contribution in [2.75, 3.05) is 39.4 Å². The second kappa shape index (κ2) is 7.73. The summed E-state index contributed by atoms with van der Waals surface area (Å²) < 4.78 is 38.7. The van der Waals surface area contributed by atoms with Crippen LogP contribution in [-0.2, 0) is 16.6 Å². The SMILES string of the molecule is Cc1ccc(C)c(C[NH+]2CCN(S(=O)(=O)c3ccc4c(c3)OCCO4)CC2)c1. The lowest BCUT2D eigenvalue weighted by Gasteiger charge is -2.32. The molecule has 0 saturated carbocycles. The Morgan fingerprint density at radius 3 is 2.43 bits per heavy atom. The van der Waals surface area contributed by atoms with Crippen molar-refractivity contribution in [3.05, 3.63) is 53.1 Å². The Kier molecular flexibility index (Phi) is 5.31. The van der Waals surface area contributed by atoms with Gasteiger partial charge < -0.3 is 14.4 Å². The van der Waals surface area contributed by atoms with E-state index in [0.717, 1.165) is 19.6 Å². The van der Waals surface area contributed by atoms with Crippen LogP contribution in [0.25, 0.3) is 0 Å². The normalized spacial score (nSPS) is 18.2. The lowest BCUT2D eigenvalue weighted by molar-refractivity contribution is -0.917. The highest BCUT2D eigenvalue weighted by atomic mass is 32.2. The van der Waals surface area contributed by atoms with Crippen molar-refractivity contribution in [1.29, 1.82) is 0 Å². The predicted octanol–water partition coefficient (Wildman–Crippen LogP) is 1.16. The van der Waals surface area contributed by atoms with Crippen molar-refractivity contribution in [2.45, 2.75) is 25.3 Å². The van der Waals surface area contributed by atoms with Gasteiger partial charge in [0.25, 0.3) is 0 Å². The third kappa shape index (κ3) is 3.87. The number of sulfonamides is 1. The van der Waals surface area contributed by atoms with Crippen LogP contribution >= 0.6 is 0 Å². The average Bonchev–Trinajstić information content (AvgIpc) is 2.71. The number of rotatable bonds is 4. The van der Waals surface area contributed by atoms with E-state index in [1.54, 1.807) is 22.5 Å². The standard InChI is InChI=1S/C21H26N2O4S/c1-16-3-4-17(2)18(13-16)15-22-7-9-23(10-8-22)28(24,25)19-5-6-20-21(14-19)27-12-11-26-20/h3-6,13-14H,7-12,15H2,1-2H3/p+1. The summed E-state index contributed by atoms with van der Waals surface area (Å²) in [4.78, 5) is 1.69. The minimum absolute atomic E-state index is 0.273. The van der Waals surface area contributed by atoms with E-state index >= 15 is 0 Å². The van der Waals surface area contributed by atoms with Crippen LogP contribution in [0.2, 0.25) is 0 Å². The quantitative estimate of drug-likeness (QED) is 0.833. The molecule has 6 nitrogen and oxygen atoms in total. The molecule has 4 rings (SSSR count). The van der Waals surface area contributed by atoms with Crippen molar-refractivity contribution in [1.82, 2.24) is 4.31 Å². The zero-order valence-corrected chi connectivity index (χ0v) is 17.2. The molecule has 2 aromatic rings. The molecule has 28 heavy (non-hydrogen) atoms. The summed E-state index contributed by atoms with van der Waals surface area (Å²) in [5, 5.41) is 0. The first-order valence-electron chi connectivity index (χ1n) is 9.73. The van der Waals surface area contributed by atoms with Crippen LogP contribution in [0.5, 0.6) is 11.5 Å². The molecule has 1 N–H and O–H groups in total. The highest BCUT2D eigenvalue weighted by Gasteiger charge is 2.31. The van der Waals surface area contributed by atoms with Crippen molar-refractivity contribution in [3.8, 4) is 11.5 Å². The van der Waals surface area contributed by atoms with Gasteiger partial charge in [-0.05, 0) is 31.5 Å². The average molecular weight is 404 g/mol. The fourth-order valence-electron chi connectivity index (χ4n) is 3.81. The van der Waals surface area contributed by atoms with Crippen LogP contribution in [0.15, 0.2) is 41.3 Å². The Balaban J connectivity index is 1.43. The molecule has 2 aliphatic rings. The largest absolute Gasteiger partial charge is 0.486 e. The molecule has 0 spiro atoms. The highest BCUT2D eigenvalue weighted by Crippen LogP contribution is 2.33. The second-order valence-electron chi connectivity index (χ2n) is 7.57. The van der Waals surface area contributed by atoms with Gasteiger partial charge in [-0.1, -0.05) is 23.8 Å². The van der Waals surface area contributed by atoms with Gasteiger partial charge in [-0.2, -0.15) is 4.31 Å². The van der Waals surface area contributed by atoms with Gasteiger partial charge in [0.1, 0.15) is 19.8 Å². The minimum Gasteiger partial charge on any atom is -0.486 e. The van der Waals surface area contributed by atoms with E-state index < -0.39 is 10.0 Å². The molecule has 150 valence electrons. The lowest BCUT2D eigenvalue weighted by atomic mass is 10.1. The maximum absolute atomic E-state index is 13.1. The molecule has 0 atom stereocenters. The van der Waals surface area contributed by atoms with Gasteiger partial charge >= 0.3 is 0 Å². The number of hydrogen-bond donors (Lipinski definition) is 1. The topological polar surface area (TPSA) is 60.3 Å². The smallest absolute Gasteiger partial charge is 0.243 e. The number of nitrogens with zero attached hydrogens (tertiary/aromatic N) is 1. The molecule has 0 aliphatic carbocycles. The number of piperazine rings is 1. The number of ether oxygens (including phenoxy) is 2. The molecule has 7 heteroatoms. The van der Waals surface area contributed by atoms with Gasteiger partial charge in [0, 0.05) is 11.6 Å². The van der Waals surface area contributed by atoms with E-state index in [1.165, 1.54) is 21.6 Å². The van der Waals surface area contributed by atoms with Gasteiger partial charge in [0.15, 0.2) is 11.5 Å². The van der Waals surface area contributed by atoms with Crippen LogP contribution in [0, 0.1) is 13.8 Å². The fourth-order valence-corrected chi connectivity index (χ4v) is 5.27. The summed E-state index contributed by atoms with van der Waals surface area (Å²) >= 11 is 0. The van der Waals surface area contributed by atoms with Gasteiger partial charge in [-0.3, -0.25) is 0 Å². The van der Waals surface area contributed by atoms with E-state index in [0.29, 0.717) is 37.8 Å². The van der Waals surface area contributed by atoms with Crippen molar-refractivity contribution < 1.29 is 22.8 Å². The Bertz CT molecular complexity index is 966. The number of nitrogens with one attached hydrogen (secondary N) is 1. The molecule has 2 aliphatic heterocycles. The van der Waals surface area contributed by atoms with Gasteiger partial charge in [-0.15, -0.1) is 0 Å².